The van der Waals surface area contributed by atoms with Gasteiger partial charge in [0.05, 0.1) is 0 Å². The molecule has 134 valence electrons. The van der Waals surface area contributed by atoms with Gasteiger partial charge in [-0.3, -0.25) is 4.79 Å². The van der Waals surface area contributed by atoms with Gasteiger partial charge in [0.15, 0.2) is 5.82 Å². The monoisotopic (exact) mass is 362 g/mol. The van der Waals surface area contributed by atoms with Gasteiger partial charge in [-0.25, -0.2) is 15.0 Å². The van der Waals surface area contributed by atoms with Crippen LogP contribution in [0.15, 0.2) is 42.7 Å². The van der Waals surface area contributed by atoms with Crippen molar-refractivity contribution >= 4 is 22.6 Å². The van der Waals surface area contributed by atoms with Crippen LogP contribution in [-0.2, 0) is 4.79 Å². The summed E-state index contributed by atoms with van der Waals surface area (Å²) in [6.07, 6.45) is 3.16. The van der Waals surface area contributed by atoms with Gasteiger partial charge in [0, 0.05) is 53.0 Å². The number of amides is 1. The molecule has 1 aromatic carbocycles. The molecule has 0 spiro atoms. The zero-order valence-corrected chi connectivity index (χ0v) is 14.2. The molecule has 3 heterocycles. The summed E-state index contributed by atoms with van der Waals surface area (Å²) < 4.78 is 22.1. The van der Waals surface area contributed by atoms with E-state index in [0.717, 1.165) is 5.39 Å². The van der Waals surface area contributed by atoms with E-state index in [1.807, 2.05) is 0 Å². The predicted molar refractivity (Wildman–Crippen MR) is 101 cm³/mol. The maximum atomic E-state index is 12.3. The maximum Gasteiger partial charge on any atom is 0.267 e. The van der Waals surface area contributed by atoms with Crippen LogP contribution in [0.25, 0.3) is 22.3 Å². The van der Waals surface area contributed by atoms with Crippen molar-refractivity contribution in [3.8, 4) is 23.2 Å². The molecule has 1 aliphatic rings. The lowest BCUT2D eigenvalue weighted by Gasteiger charge is -2.13. The van der Waals surface area contributed by atoms with Crippen molar-refractivity contribution < 1.29 is 14.0 Å². The van der Waals surface area contributed by atoms with Gasteiger partial charge < -0.3 is 15.7 Å². The maximum absolute atomic E-state index is 12.3. The standard InChI is InChI=1S/C20H17N5O2/c1-25-10-8-20(27,19(25)26)7-5-13-3-2-4-14(11-13)18-23-12-15-6-9-22-17(21)16(15)24-18/h2-4,6,9,11-12,27H,8,10H2,1H3,(H2,21,22)/t20-/m0/s1/i1D3. The van der Waals surface area contributed by atoms with Gasteiger partial charge in [0.2, 0.25) is 5.60 Å². The number of rotatable bonds is 1. The van der Waals surface area contributed by atoms with Gasteiger partial charge in [-0.15, -0.1) is 0 Å². The highest BCUT2D eigenvalue weighted by molar-refractivity contribution is 5.90. The smallest absolute Gasteiger partial charge is 0.267 e. The molecule has 7 heteroatoms. The number of likely N-dealkylation sites (N-methyl/N-ethyl adjacent to an activating group) is 1. The molecule has 27 heavy (non-hydrogen) atoms. The molecule has 4 rings (SSSR count). The highest BCUT2D eigenvalue weighted by atomic mass is 16.3. The van der Waals surface area contributed by atoms with E-state index in [1.54, 1.807) is 42.7 Å². The number of anilines is 1. The number of nitrogens with zero attached hydrogens (tertiary/aromatic N) is 4. The van der Waals surface area contributed by atoms with Crippen LogP contribution in [0.1, 0.15) is 16.1 Å². The van der Waals surface area contributed by atoms with Crippen LogP contribution in [0.4, 0.5) is 5.82 Å². The van der Waals surface area contributed by atoms with Crippen molar-refractivity contribution in [1.82, 2.24) is 19.9 Å². The van der Waals surface area contributed by atoms with Crippen LogP contribution >= 0.6 is 0 Å². The van der Waals surface area contributed by atoms with Crippen LogP contribution in [0, 0.1) is 11.8 Å². The summed E-state index contributed by atoms with van der Waals surface area (Å²) in [4.78, 5) is 25.8. The molecule has 1 saturated heterocycles. The predicted octanol–water partition coefficient (Wildman–Crippen LogP) is 1.22. The molecule has 0 bridgehead atoms. The number of nitrogen functional groups attached to an aromatic ring is 1. The van der Waals surface area contributed by atoms with Gasteiger partial charge in [-0.2, -0.15) is 0 Å². The van der Waals surface area contributed by atoms with Crippen molar-refractivity contribution in [3.63, 3.8) is 0 Å². The first-order chi connectivity index (χ1) is 14.2. The van der Waals surface area contributed by atoms with E-state index in [4.69, 9.17) is 9.85 Å². The number of hydrogen-bond donors (Lipinski definition) is 2. The van der Waals surface area contributed by atoms with Crippen molar-refractivity contribution in [3.05, 3.63) is 48.3 Å². The summed E-state index contributed by atoms with van der Waals surface area (Å²) in [5, 5.41) is 11.3. The summed E-state index contributed by atoms with van der Waals surface area (Å²) in [5.41, 5.74) is 5.59. The fourth-order valence-corrected chi connectivity index (χ4v) is 2.85. The Labute approximate surface area is 160 Å². The number of aromatic nitrogens is 3. The van der Waals surface area contributed by atoms with Gasteiger partial charge in [-0.1, -0.05) is 24.0 Å². The first-order valence-corrected chi connectivity index (χ1v) is 8.23. The molecule has 3 N–H and O–H groups in total. The Morgan fingerprint density at radius 3 is 3.07 bits per heavy atom. The molecule has 1 fully saturated rings. The van der Waals surface area contributed by atoms with Crippen LogP contribution in [-0.4, -0.2) is 50.0 Å². The second-order valence-corrected chi connectivity index (χ2v) is 6.23. The number of benzene rings is 1. The van der Waals surface area contributed by atoms with Crippen LogP contribution in [0.2, 0.25) is 0 Å². The number of hydrogen-bond acceptors (Lipinski definition) is 6. The molecular weight excluding hydrogens is 342 g/mol. The van der Waals surface area contributed by atoms with Gasteiger partial charge in [0.1, 0.15) is 11.3 Å². The molecule has 1 amide bonds. The number of carbonyl (C=O) groups excluding carboxylic acids is 1. The molecule has 3 aromatic rings. The number of nitrogens with two attached hydrogens (primary N) is 1. The molecule has 0 unspecified atom stereocenters. The summed E-state index contributed by atoms with van der Waals surface area (Å²) in [7, 11) is 0. The molecule has 7 nitrogen and oxygen atoms in total. The molecule has 2 aromatic heterocycles. The van der Waals surface area contributed by atoms with Gasteiger partial charge in [0.25, 0.3) is 5.91 Å². The minimum atomic E-state index is -2.60. The van der Waals surface area contributed by atoms with E-state index in [9.17, 15) is 9.90 Å². The third-order valence-electron chi connectivity index (χ3n) is 4.36. The normalized spacial score (nSPS) is 21.3. The van der Waals surface area contributed by atoms with E-state index in [0.29, 0.717) is 33.2 Å². The third kappa shape index (κ3) is 3.07. The fourth-order valence-electron chi connectivity index (χ4n) is 2.85. The molecule has 1 atom stereocenters. The zero-order valence-electron chi connectivity index (χ0n) is 17.2. The van der Waals surface area contributed by atoms with Crippen molar-refractivity contribution in [2.45, 2.75) is 12.0 Å². The molecule has 0 aliphatic carbocycles. The fraction of sp³-hybridized carbons (Fsp3) is 0.200. The molecule has 0 saturated carbocycles. The van der Waals surface area contributed by atoms with E-state index >= 15 is 0 Å². The summed E-state index contributed by atoms with van der Waals surface area (Å²) >= 11 is 0. The number of fused-ring (bicyclic) bond motifs is 1. The van der Waals surface area contributed by atoms with Crippen molar-refractivity contribution in [1.29, 1.82) is 0 Å². The number of carbonyl (C=O) groups is 1. The number of likely N-dealkylation sites (tertiary alicyclic amines) is 1. The number of aliphatic hydroxyl groups is 1. The summed E-state index contributed by atoms with van der Waals surface area (Å²) in [6.45, 7) is -2.69. The highest BCUT2D eigenvalue weighted by Crippen LogP contribution is 2.23. The second kappa shape index (κ2) is 6.34. The molecule has 0 radical (unpaired) electrons. The largest absolute Gasteiger partial charge is 0.382 e. The van der Waals surface area contributed by atoms with Gasteiger partial charge >= 0.3 is 0 Å². The average molecular weight is 362 g/mol. The first-order valence-electron chi connectivity index (χ1n) is 9.73. The Morgan fingerprint density at radius 2 is 2.26 bits per heavy atom. The minimum absolute atomic E-state index is 0.0724. The second-order valence-electron chi connectivity index (χ2n) is 6.23. The van der Waals surface area contributed by atoms with Gasteiger partial charge in [-0.05, 0) is 18.2 Å². The Balaban J connectivity index is 1.65. The average Bonchev–Trinajstić information content (AvgIpc) is 3.02. The highest BCUT2D eigenvalue weighted by Gasteiger charge is 2.42. The zero-order chi connectivity index (χ0) is 21.5. The van der Waals surface area contributed by atoms with Crippen molar-refractivity contribution in [2.75, 3.05) is 19.3 Å². The quantitative estimate of drug-likeness (QED) is 0.631. The van der Waals surface area contributed by atoms with Crippen LogP contribution in [0.5, 0.6) is 0 Å². The topological polar surface area (TPSA) is 105 Å². The SMILES string of the molecule is [2H]C([2H])([2H])N1CC[C@@](O)(C#Cc2cccc(-c3ncc4ccnc(N)c4n3)c2)C1=O. The van der Waals surface area contributed by atoms with E-state index in [2.05, 4.69) is 26.8 Å². The van der Waals surface area contributed by atoms with Crippen molar-refractivity contribution in [2.24, 2.45) is 0 Å². The third-order valence-corrected chi connectivity index (χ3v) is 4.36. The van der Waals surface area contributed by atoms with Crippen LogP contribution in [0.3, 0.4) is 0 Å². The van der Waals surface area contributed by atoms with E-state index < -0.39 is 18.5 Å². The first kappa shape index (κ1) is 13.7. The minimum Gasteiger partial charge on any atom is -0.382 e. The Morgan fingerprint density at radius 1 is 1.37 bits per heavy atom. The Hall–Kier alpha value is -3.50. The number of pyridine rings is 1. The Bertz CT molecular complexity index is 1220. The molecular formula is C20H17N5O2. The van der Waals surface area contributed by atoms with Crippen LogP contribution < -0.4 is 5.73 Å². The summed E-state index contributed by atoms with van der Waals surface area (Å²) in [6, 6.07) is 8.72. The lowest BCUT2D eigenvalue weighted by Crippen LogP contribution is -2.37. The van der Waals surface area contributed by atoms with E-state index in [-0.39, 0.29) is 13.0 Å². The Kier molecular flexibility index (Phi) is 3.21. The lowest BCUT2D eigenvalue weighted by atomic mass is 10.0. The summed E-state index contributed by atoms with van der Waals surface area (Å²) in [5.74, 6) is 5.12. The van der Waals surface area contributed by atoms with E-state index in [1.165, 1.54) is 0 Å². The molecule has 1 aliphatic heterocycles. The lowest BCUT2D eigenvalue weighted by molar-refractivity contribution is -0.137.